The summed E-state index contributed by atoms with van der Waals surface area (Å²) in [5.74, 6) is 0.162. The van der Waals surface area contributed by atoms with Gasteiger partial charge in [0.1, 0.15) is 0 Å². The summed E-state index contributed by atoms with van der Waals surface area (Å²) in [5, 5.41) is 0.920. The molecular formula is C22H25N3O3S. The van der Waals surface area contributed by atoms with Crippen molar-refractivity contribution in [2.45, 2.75) is 6.92 Å². The average molecular weight is 412 g/mol. The van der Waals surface area contributed by atoms with E-state index in [1.807, 2.05) is 59.5 Å². The van der Waals surface area contributed by atoms with E-state index in [1.54, 1.807) is 6.92 Å². The molecule has 0 spiro atoms. The van der Waals surface area contributed by atoms with Crippen molar-refractivity contribution < 1.29 is 13.2 Å². The summed E-state index contributed by atoms with van der Waals surface area (Å²) in [6.07, 6.45) is 0. The highest BCUT2D eigenvalue weighted by molar-refractivity contribution is 7.89. The average Bonchev–Trinajstić information content (AvgIpc) is 3.14. The number of rotatable bonds is 6. The van der Waals surface area contributed by atoms with Crippen LogP contribution in [0.2, 0.25) is 0 Å². The Morgan fingerprint density at radius 1 is 0.966 bits per heavy atom. The number of aromatic nitrogens is 1. The van der Waals surface area contributed by atoms with Gasteiger partial charge >= 0.3 is 0 Å². The van der Waals surface area contributed by atoms with E-state index in [0.717, 1.165) is 22.2 Å². The quantitative estimate of drug-likeness (QED) is 0.633. The fourth-order valence-corrected chi connectivity index (χ4v) is 4.97. The number of sulfonamides is 1. The van der Waals surface area contributed by atoms with Gasteiger partial charge in [-0.3, -0.25) is 9.69 Å². The molecule has 0 saturated carbocycles. The molecule has 2 aromatic carbocycles. The van der Waals surface area contributed by atoms with Crippen LogP contribution >= 0.6 is 0 Å². The molecule has 0 bridgehead atoms. The summed E-state index contributed by atoms with van der Waals surface area (Å²) in [7, 11) is -3.17. The van der Waals surface area contributed by atoms with Crippen LogP contribution in [0.15, 0.2) is 54.6 Å². The van der Waals surface area contributed by atoms with Gasteiger partial charge in [-0.15, -0.1) is 0 Å². The van der Waals surface area contributed by atoms with Crippen LogP contribution < -0.4 is 0 Å². The van der Waals surface area contributed by atoms with E-state index in [0.29, 0.717) is 31.7 Å². The second-order valence-electron chi connectivity index (χ2n) is 7.29. The molecule has 0 amide bonds. The molecule has 1 N–H and O–H groups in total. The maximum absolute atomic E-state index is 13.3. The summed E-state index contributed by atoms with van der Waals surface area (Å²) >= 11 is 0. The third-order valence-electron chi connectivity index (χ3n) is 5.50. The van der Waals surface area contributed by atoms with Gasteiger partial charge in [0.2, 0.25) is 10.0 Å². The van der Waals surface area contributed by atoms with Gasteiger partial charge in [-0.25, -0.2) is 8.42 Å². The monoisotopic (exact) mass is 411 g/mol. The number of H-pyrrole nitrogens is 1. The highest BCUT2D eigenvalue weighted by atomic mass is 32.2. The van der Waals surface area contributed by atoms with Gasteiger partial charge in [0.15, 0.2) is 5.78 Å². The van der Waals surface area contributed by atoms with Crippen molar-refractivity contribution in [1.29, 1.82) is 0 Å². The lowest BCUT2D eigenvalue weighted by atomic mass is 10.0. The van der Waals surface area contributed by atoms with E-state index < -0.39 is 10.0 Å². The minimum atomic E-state index is -3.17. The first kappa shape index (κ1) is 19.8. The Morgan fingerprint density at radius 3 is 2.31 bits per heavy atom. The predicted octanol–water partition coefficient (Wildman–Crippen LogP) is 2.98. The first-order valence-corrected chi connectivity index (χ1v) is 11.5. The number of Topliss-reactive ketones (excluding diaryl/α,β-unsaturated/α-hetero) is 1. The normalized spacial score (nSPS) is 16.3. The molecular weight excluding hydrogens is 386 g/mol. The number of nitrogens with one attached hydrogen (secondary N) is 1. The highest BCUT2D eigenvalue weighted by Gasteiger charge is 2.28. The second-order valence-corrected chi connectivity index (χ2v) is 9.54. The van der Waals surface area contributed by atoms with Crippen LogP contribution in [0.5, 0.6) is 0 Å². The van der Waals surface area contributed by atoms with Crippen LogP contribution in [0, 0.1) is 0 Å². The van der Waals surface area contributed by atoms with Crippen LogP contribution in [-0.4, -0.2) is 66.9 Å². The van der Waals surface area contributed by atoms with Crippen LogP contribution in [-0.2, 0) is 10.0 Å². The SMILES string of the molecule is CCS(=O)(=O)N1CCN(CC(=O)c2c(-c3ccccc3)[nH]c3ccccc23)CC1. The van der Waals surface area contributed by atoms with Crippen LogP contribution in [0.3, 0.4) is 0 Å². The van der Waals surface area contributed by atoms with Crippen molar-refractivity contribution >= 4 is 26.7 Å². The maximum atomic E-state index is 13.3. The van der Waals surface area contributed by atoms with Crippen LogP contribution in [0.1, 0.15) is 17.3 Å². The standard InChI is InChI=1S/C22H25N3O3S/c1-2-29(27,28)25-14-12-24(13-15-25)16-20(26)21-18-10-6-7-11-19(18)23-22(21)17-8-4-3-5-9-17/h3-11,23H,2,12-16H2,1H3. The number of hydrogen-bond donors (Lipinski definition) is 1. The minimum Gasteiger partial charge on any atom is -0.354 e. The fourth-order valence-electron chi connectivity index (χ4n) is 3.88. The second kappa shape index (κ2) is 8.10. The summed E-state index contributed by atoms with van der Waals surface area (Å²) in [5.41, 5.74) is 3.46. The van der Waals surface area contributed by atoms with Gasteiger partial charge in [-0.1, -0.05) is 48.5 Å². The lowest BCUT2D eigenvalue weighted by Crippen LogP contribution is -2.50. The summed E-state index contributed by atoms with van der Waals surface area (Å²) in [4.78, 5) is 18.8. The van der Waals surface area contributed by atoms with Crippen molar-refractivity contribution in [1.82, 2.24) is 14.2 Å². The molecule has 1 saturated heterocycles. The molecule has 0 radical (unpaired) electrons. The molecule has 7 heteroatoms. The highest BCUT2D eigenvalue weighted by Crippen LogP contribution is 2.31. The lowest BCUT2D eigenvalue weighted by molar-refractivity contribution is 0.0904. The first-order chi connectivity index (χ1) is 14.0. The minimum absolute atomic E-state index is 0.0492. The molecule has 1 fully saturated rings. The van der Waals surface area contributed by atoms with E-state index in [-0.39, 0.29) is 18.1 Å². The zero-order valence-electron chi connectivity index (χ0n) is 16.5. The third kappa shape index (κ3) is 3.99. The van der Waals surface area contributed by atoms with E-state index in [2.05, 4.69) is 4.98 Å². The number of aromatic amines is 1. The summed E-state index contributed by atoms with van der Waals surface area (Å²) < 4.78 is 25.6. The zero-order valence-corrected chi connectivity index (χ0v) is 17.3. The Labute approximate surface area is 171 Å². The van der Waals surface area contributed by atoms with Gasteiger partial charge in [0.25, 0.3) is 0 Å². The summed E-state index contributed by atoms with van der Waals surface area (Å²) in [6, 6.07) is 17.7. The van der Waals surface area contributed by atoms with E-state index in [4.69, 9.17) is 0 Å². The smallest absolute Gasteiger partial charge is 0.213 e. The van der Waals surface area contributed by atoms with Crippen LogP contribution in [0.25, 0.3) is 22.2 Å². The molecule has 2 heterocycles. The number of piperazine rings is 1. The molecule has 6 nitrogen and oxygen atoms in total. The molecule has 29 heavy (non-hydrogen) atoms. The lowest BCUT2D eigenvalue weighted by Gasteiger charge is -2.33. The molecule has 0 aliphatic carbocycles. The van der Waals surface area contributed by atoms with Gasteiger partial charge < -0.3 is 4.98 Å². The largest absolute Gasteiger partial charge is 0.354 e. The Bertz CT molecular complexity index is 1110. The van der Waals surface area contributed by atoms with Gasteiger partial charge in [-0.05, 0) is 18.6 Å². The maximum Gasteiger partial charge on any atom is 0.213 e. The Morgan fingerprint density at radius 2 is 1.62 bits per heavy atom. The van der Waals surface area contributed by atoms with Crippen molar-refractivity contribution in [3.63, 3.8) is 0 Å². The van der Waals surface area contributed by atoms with Gasteiger partial charge in [0.05, 0.1) is 23.6 Å². The number of para-hydroxylation sites is 1. The first-order valence-electron chi connectivity index (χ1n) is 9.89. The van der Waals surface area contributed by atoms with Crippen molar-refractivity contribution in [3.05, 3.63) is 60.2 Å². The third-order valence-corrected chi connectivity index (χ3v) is 7.39. The molecule has 1 aliphatic rings. The van der Waals surface area contributed by atoms with E-state index in [9.17, 15) is 13.2 Å². The number of ketones is 1. The van der Waals surface area contributed by atoms with E-state index >= 15 is 0 Å². The van der Waals surface area contributed by atoms with Crippen LogP contribution in [0.4, 0.5) is 0 Å². The topological polar surface area (TPSA) is 73.5 Å². The van der Waals surface area contributed by atoms with E-state index in [1.165, 1.54) is 4.31 Å². The molecule has 0 unspecified atom stereocenters. The van der Waals surface area contributed by atoms with Crippen molar-refractivity contribution in [2.24, 2.45) is 0 Å². The molecule has 3 aromatic rings. The molecule has 0 atom stereocenters. The molecule has 152 valence electrons. The number of carbonyl (C=O) groups excluding carboxylic acids is 1. The Balaban J connectivity index is 1.58. The van der Waals surface area contributed by atoms with Crippen molar-refractivity contribution in [2.75, 3.05) is 38.5 Å². The predicted molar refractivity (Wildman–Crippen MR) is 116 cm³/mol. The molecule has 4 rings (SSSR count). The fraction of sp³-hybridized carbons (Fsp3) is 0.318. The van der Waals surface area contributed by atoms with Gasteiger partial charge in [0, 0.05) is 37.1 Å². The Hall–Kier alpha value is -2.48. The Kier molecular flexibility index (Phi) is 5.54. The molecule has 1 aliphatic heterocycles. The number of nitrogens with zero attached hydrogens (tertiary/aromatic N) is 2. The summed E-state index contributed by atoms with van der Waals surface area (Å²) in [6.45, 7) is 3.93. The van der Waals surface area contributed by atoms with Gasteiger partial charge in [-0.2, -0.15) is 4.31 Å². The number of hydrogen-bond acceptors (Lipinski definition) is 4. The molecule has 1 aromatic heterocycles. The number of carbonyl (C=O) groups is 1. The van der Waals surface area contributed by atoms with Crippen molar-refractivity contribution in [3.8, 4) is 11.3 Å². The number of fused-ring (bicyclic) bond motifs is 1. The number of benzene rings is 2. The zero-order chi connectivity index (χ0) is 20.4.